The maximum atomic E-state index is 5.52. The smallest absolute Gasteiger partial charge is 0.128 e. The molecule has 0 fully saturated rings. The minimum absolute atomic E-state index is 0.400. The number of hydrogen-bond donors (Lipinski definition) is 1. The molecule has 1 aromatic heterocycles. The van der Waals surface area contributed by atoms with Gasteiger partial charge in [0.05, 0.1) is 18.5 Å². The summed E-state index contributed by atoms with van der Waals surface area (Å²) in [6.45, 7) is 4.71. The van der Waals surface area contributed by atoms with Crippen LogP contribution >= 0.6 is 0 Å². The maximum absolute atomic E-state index is 5.52. The second-order valence-corrected chi connectivity index (χ2v) is 4.73. The van der Waals surface area contributed by atoms with E-state index in [1.807, 2.05) is 18.2 Å². The van der Waals surface area contributed by atoms with Crippen molar-refractivity contribution < 1.29 is 4.74 Å². The lowest BCUT2D eigenvalue weighted by atomic mass is 9.99. The normalized spacial score (nSPS) is 10.8. The molecule has 2 aromatic rings. The highest BCUT2D eigenvalue weighted by Crippen LogP contribution is 2.31. The monoisotopic (exact) mass is 257 g/mol. The Kier molecular flexibility index (Phi) is 4.12. The van der Waals surface area contributed by atoms with Crippen LogP contribution in [0, 0.1) is 0 Å². The first-order chi connectivity index (χ1) is 9.15. The molecule has 0 saturated heterocycles. The Morgan fingerprint density at radius 1 is 1.16 bits per heavy atom. The summed E-state index contributed by atoms with van der Waals surface area (Å²) in [5.74, 6) is 1.29. The molecule has 0 bridgehead atoms. The van der Waals surface area contributed by atoms with Gasteiger partial charge in [0.25, 0.3) is 0 Å². The topological polar surface area (TPSA) is 61.0 Å². The molecule has 0 aliphatic rings. The predicted molar refractivity (Wildman–Crippen MR) is 76.0 cm³/mol. The van der Waals surface area contributed by atoms with Crippen molar-refractivity contribution in [1.29, 1.82) is 0 Å². The Balaban J connectivity index is 2.42. The first-order valence-corrected chi connectivity index (χ1v) is 6.36. The van der Waals surface area contributed by atoms with Gasteiger partial charge >= 0.3 is 0 Å². The average molecular weight is 257 g/mol. The quantitative estimate of drug-likeness (QED) is 0.914. The van der Waals surface area contributed by atoms with E-state index in [-0.39, 0.29) is 0 Å². The van der Waals surface area contributed by atoms with Crippen LogP contribution in [0.1, 0.15) is 31.0 Å². The summed E-state index contributed by atoms with van der Waals surface area (Å²) in [5.41, 5.74) is 9.29. The van der Waals surface area contributed by atoms with E-state index in [1.54, 1.807) is 7.11 Å². The van der Waals surface area contributed by atoms with Gasteiger partial charge in [0, 0.05) is 12.1 Å². The van der Waals surface area contributed by atoms with E-state index in [1.165, 1.54) is 5.56 Å². The summed E-state index contributed by atoms with van der Waals surface area (Å²) in [5, 5.41) is 8.27. The zero-order chi connectivity index (χ0) is 13.8. The SMILES string of the molecule is COc1cc(C(C)C)ccc1-c1ccc(CN)nn1. The van der Waals surface area contributed by atoms with Crippen LogP contribution in [0.5, 0.6) is 5.75 Å². The largest absolute Gasteiger partial charge is 0.496 e. The molecule has 0 spiro atoms. The van der Waals surface area contributed by atoms with Gasteiger partial charge in [-0.1, -0.05) is 19.9 Å². The summed E-state index contributed by atoms with van der Waals surface area (Å²) >= 11 is 0. The number of hydrogen-bond acceptors (Lipinski definition) is 4. The number of benzene rings is 1. The molecule has 0 atom stereocenters. The number of methoxy groups -OCH3 is 1. The summed E-state index contributed by atoms with van der Waals surface area (Å²) in [6.07, 6.45) is 0. The zero-order valence-electron chi connectivity index (χ0n) is 11.6. The highest BCUT2D eigenvalue weighted by molar-refractivity contribution is 5.67. The van der Waals surface area contributed by atoms with Gasteiger partial charge in [-0.25, -0.2) is 0 Å². The van der Waals surface area contributed by atoms with Gasteiger partial charge in [0.2, 0.25) is 0 Å². The van der Waals surface area contributed by atoms with Crippen LogP contribution in [0.3, 0.4) is 0 Å². The van der Waals surface area contributed by atoms with Crippen molar-refractivity contribution in [3.8, 4) is 17.0 Å². The number of rotatable bonds is 4. The van der Waals surface area contributed by atoms with Crippen molar-refractivity contribution in [1.82, 2.24) is 10.2 Å². The molecule has 19 heavy (non-hydrogen) atoms. The lowest BCUT2D eigenvalue weighted by Gasteiger charge is -2.12. The molecule has 0 aliphatic heterocycles. The molecule has 1 heterocycles. The van der Waals surface area contributed by atoms with E-state index >= 15 is 0 Å². The van der Waals surface area contributed by atoms with Crippen LogP contribution < -0.4 is 10.5 Å². The van der Waals surface area contributed by atoms with Gasteiger partial charge in [0.1, 0.15) is 5.75 Å². The van der Waals surface area contributed by atoms with Crippen LogP contribution in [-0.2, 0) is 6.54 Å². The van der Waals surface area contributed by atoms with Gasteiger partial charge in [-0.2, -0.15) is 10.2 Å². The number of nitrogens with zero attached hydrogens (tertiary/aromatic N) is 2. The predicted octanol–water partition coefficient (Wildman–Crippen LogP) is 2.73. The molecule has 4 heteroatoms. The van der Waals surface area contributed by atoms with Crippen molar-refractivity contribution in [2.24, 2.45) is 5.73 Å². The Morgan fingerprint density at radius 3 is 2.47 bits per heavy atom. The van der Waals surface area contributed by atoms with E-state index in [0.29, 0.717) is 12.5 Å². The minimum Gasteiger partial charge on any atom is -0.496 e. The van der Waals surface area contributed by atoms with E-state index in [0.717, 1.165) is 22.7 Å². The molecule has 2 N–H and O–H groups in total. The fraction of sp³-hybridized carbons (Fsp3) is 0.333. The van der Waals surface area contributed by atoms with Crippen LogP contribution in [0.2, 0.25) is 0 Å². The third kappa shape index (κ3) is 2.90. The standard InChI is InChI=1S/C15H19N3O/c1-10(2)11-4-6-13(15(8-11)19-3)14-7-5-12(9-16)17-18-14/h4-8,10H,9,16H2,1-3H3. The molecule has 4 nitrogen and oxygen atoms in total. The van der Waals surface area contributed by atoms with Crippen LogP contribution in [-0.4, -0.2) is 17.3 Å². The van der Waals surface area contributed by atoms with Gasteiger partial charge < -0.3 is 10.5 Å². The van der Waals surface area contributed by atoms with E-state index in [2.05, 4.69) is 36.2 Å². The number of nitrogens with two attached hydrogens (primary N) is 1. The van der Waals surface area contributed by atoms with Gasteiger partial charge in [-0.3, -0.25) is 0 Å². The Bertz CT molecular complexity index is 550. The van der Waals surface area contributed by atoms with Crippen LogP contribution in [0.15, 0.2) is 30.3 Å². The maximum Gasteiger partial charge on any atom is 0.128 e. The highest BCUT2D eigenvalue weighted by Gasteiger charge is 2.10. The van der Waals surface area contributed by atoms with Crippen molar-refractivity contribution in [2.45, 2.75) is 26.3 Å². The summed E-state index contributed by atoms with van der Waals surface area (Å²) in [6, 6.07) is 9.99. The first kappa shape index (κ1) is 13.5. The fourth-order valence-electron chi connectivity index (χ4n) is 1.89. The van der Waals surface area contributed by atoms with Gasteiger partial charge in [-0.05, 0) is 35.7 Å². The Labute approximate surface area is 113 Å². The Hall–Kier alpha value is -1.94. The van der Waals surface area contributed by atoms with E-state index < -0.39 is 0 Å². The van der Waals surface area contributed by atoms with E-state index in [9.17, 15) is 0 Å². The van der Waals surface area contributed by atoms with Gasteiger partial charge in [-0.15, -0.1) is 0 Å². The van der Waals surface area contributed by atoms with Crippen LogP contribution in [0.25, 0.3) is 11.3 Å². The van der Waals surface area contributed by atoms with E-state index in [4.69, 9.17) is 10.5 Å². The molecular weight excluding hydrogens is 238 g/mol. The lowest BCUT2D eigenvalue weighted by Crippen LogP contribution is -2.01. The third-order valence-corrected chi connectivity index (χ3v) is 3.10. The highest BCUT2D eigenvalue weighted by atomic mass is 16.5. The third-order valence-electron chi connectivity index (χ3n) is 3.10. The number of ether oxygens (including phenoxy) is 1. The lowest BCUT2D eigenvalue weighted by molar-refractivity contribution is 0.415. The molecule has 0 saturated carbocycles. The van der Waals surface area contributed by atoms with Crippen LogP contribution in [0.4, 0.5) is 0 Å². The summed E-state index contributed by atoms with van der Waals surface area (Å²) < 4.78 is 5.45. The first-order valence-electron chi connectivity index (χ1n) is 6.36. The second kappa shape index (κ2) is 5.80. The summed E-state index contributed by atoms with van der Waals surface area (Å²) in [7, 11) is 1.67. The average Bonchev–Trinajstić information content (AvgIpc) is 2.46. The minimum atomic E-state index is 0.400. The van der Waals surface area contributed by atoms with Gasteiger partial charge in [0.15, 0.2) is 0 Å². The van der Waals surface area contributed by atoms with Crippen molar-refractivity contribution in [2.75, 3.05) is 7.11 Å². The second-order valence-electron chi connectivity index (χ2n) is 4.73. The fourth-order valence-corrected chi connectivity index (χ4v) is 1.89. The Morgan fingerprint density at radius 2 is 1.95 bits per heavy atom. The zero-order valence-corrected chi connectivity index (χ0v) is 11.6. The summed E-state index contributed by atoms with van der Waals surface area (Å²) in [4.78, 5) is 0. The molecule has 0 unspecified atom stereocenters. The van der Waals surface area contributed by atoms with Crippen molar-refractivity contribution in [3.63, 3.8) is 0 Å². The molecule has 1 aromatic carbocycles. The molecule has 0 aliphatic carbocycles. The molecule has 100 valence electrons. The van der Waals surface area contributed by atoms with Crippen molar-refractivity contribution in [3.05, 3.63) is 41.6 Å². The molecule has 2 rings (SSSR count). The van der Waals surface area contributed by atoms with Crippen molar-refractivity contribution >= 4 is 0 Å². The molecular formula is C15H19N3O. The molecule has 0 radical (unpaired) electrons. The number of aromatic nitrogens is 2. The molecule has 0 amide bonds.